The van der Waals surface area contributed by atoms with Crippen LogP contribution in [-0.4, -0.2) is 28.4 Å². The third-order valence-electron chi connectivity index (χ3n) is 2.48. The summed E-state index contributed by atoms with van der Waals surface area (Å²) < 4.78 is 0.411. The Hall–Kier alpha value is -1.54. The van der Waals surface area contributed by atoms with Gasteiger partial charge in [-0.1, -0.05) is 0 Å². The molecule has 0 aliphatic carbocycles. The van der Waals surface area contributed by atoms with Crippen molar-refractivity contribution in [3.05, 3.63) is 27.0 Å². The molecule has 1 aliphatic rings. The maximum absolute atomic E-state index is 11.7. The van der Waals surface area contributed by atoms with Crippen LogP contribution in [0.3, 0.4) is 0 Å². The quantitative estimate of drug-likeness (QED) is 0.643. The molecule has 0 spiro atoms. The number of aromatic nitrogens is 1. The zero-order valence-corrected chi connectivity index (χ0v) is 10.3. The molecule has 0 aromatic carbocycles. The fourth-order valence-corrected chi connectivity index (χ4v) is 2.31. The van der Waals surface area contributed by atoms with Gasteiger partial charge in [0.05, 0.1) is 9.40 Å². The molecule has 1 aromatic heterocycles. The molecule has 8 heteroatoms. The molecule has 1 aliphatic heterocycles. The molecule has 1 unspecified atom stereocenters. The van der Waals surface area contributed by atoms with Crippen molar-refractivity contribution >= 4 is 33.2 Å². The molecule has 1 amide bonds. The van der Waals surface area contributed by atoms with E-state index in [0.29, 0.717) is 4.47 Å². The number of pyridine rings is 1. The van der Waals surface area contributed by atoms with Crippen LogP contribution in [0.5, 0.6) is 0 Å². The van der Waals surface area contributed by atoms with Crippen LogP contribution in [0.25, 0.3) is 0 Å². The third kappa shape index (κ3) is 2.13. The Bertz CT molecular complexity index is 493. The van der Waals surface area contributed by atoms with E-state index in [9.17, 15) is 14.9 Å². The molecule has 2 N–H and O–H groups in total. The first-order chi connectivity index (χ1) is 8.00. The summed E-state index contributed by atoms with van der Waals surface area (Å²) in [6, 6.07) is -0.290. The third-order valence-corrected chi connectivity index (χ3v) is 3.06. The standard InChI is InChI=1S/C9H9BrN4O3/c10-6-2-12-3-7(14(16)17)9(6)13-4-5(11)1-8(13)15/h2-3,5H,1,4,11H2. The number of nitrogens with zero attached hydrogens (tertiary/aromatic N) is 3. The molecule has 7 nitrogen and oxygen atoms in total. The van der Waals surface area contributed by atoms with Gasteiger partial charge in [0.2, 0.25) is 5.91 Å². The van der Waals surface area contributed by atoms with Gasteiger partial charge in [-0.05, 0) is 15.9 Å². The molecule has 0 bridgehead atoms. The number of amides is 1. The Kier molecular flexibility index (Phi) is 3.07. The van der Waals surface area contributed by atoms with Gasteiger partial charge in [0.25, 0.3) is 0 Å². The van der Waals surface area contributed by atoms with Crippen LogP contribution in [0.4, 0.5) is 11.4 Å². The topological polar surface area (TPSA) is 102 Å². The van der Waals surface area contributed by atoms with Gasteiger partial charge in [-0.15, -0.1) is 0 Å². The van der Waals surface area contributed by atoms with Gasteiger partial charge < -0.3 is 10.6 Å². The van der Waals surface area contributed by atoms with E-state index >= 15 is 0 Å². The number of nitrogens with two attached hydrogens (primary N) is 1. The summed E-state index contributed by atoms with van der Waals surface area (Å²) in [6.45, 7) is 0.280. The zero-order valence-electron chi connectivity index (χ0n) is 8.67. The average molecular weight is 301 g/mol. The summed E-state index contributed by atoms with van der Waals surface area (Å²) in [7, 11) is 0. The highest BCUT2D eigenvalue weighted by Crippen LogP contribution is 2.36. The van der Waals surface area contributed by atoms with Crippen molar-refractivity contribution in [2.75, 3.05) is 11.4 Å². The lowest BCUT2D eigenvalue weighted by Crippen LogP contribution is -2.28. The van der Waals surface area contributed by atoms with Crippen molar-refractivity contribution in [2.45, 2.75) is 12.5 Å². The monoisotopic (exact) mass is 300 g/mol. The van der Waals surface area contributed by atoms with Crippen LogP contribution >= 0.6 is 15.9 Å². The van der Waals surface area contributed by atoms with Crippen LogP contribution in [0, 0.1) is 10.1 Å². The maximum Gasteiger partial charge on any atom is 0.312 e. The fourth-order valence-electron chi connectivity index (χ4n) is 1.77. The highest BCUT2D eigenvalue weighted by molar-refractivity contribution is 9.10. The number of halogens is 1. The molecular formula is C9H9BrN4O3. The normalized spacial score (nSPS) is 19.8. The molecule has 17 heavy (non-hydrogen) atoms. The second-order valence-electron chi connectivity index (χ2n) is 3.71. The van der Waals surface area contributed by atoms with E-state index in [0.717, 1.165) is 6.20 Å². The summed E-state index contributed by atoms with van der Waals surface area (Å²) in [5.41, 5.74) is 5.68. The van der Waals surface area contributed by atoms with Crippen LogP contribution in [0.2, 0.25) is 0 Å². The molecule has 2 rings (SSSR count). The first-order valence-corrected chi connectivity index (χ1v) is 5.64. The van der Waals surface area contributed by atoms with Crippen LogP contribution in [0.15, 0.2) is 16.9 Å². The summed E-state index contributed by atoms with van der Waals surface area (Å²) in [6.07, 6.45) is 2.74. The van der Waals surface area contributed by atoms with Crippen LogP contribution < -0.4 is 10.6 Å². The number of hydrogen-bond donors (Lipinski definition) is 1. The molecule has 1 fully saturated rings. The number of rotatable bonds is 2. The average Bonchev–Trinajstić information content (AvgIpc) is 2.57. The van der Waals surface area contributed by atoms with Crippen molar-refractivity contribution in [2.24, 2.45) is 5.73 Å². The van der Waals surface area contributed by atoms with Crippen LogP contribution in [0.1, 0.15) is 6.42 Å². The number of anilines is 1. The van der Waals surface area contributed by atoms with Gasteiger partial charge in [-0.2, -0.15) is 0 Å². The minimum Gasteiger partial charge on any atom is -0.326 e. The SMILES string of the molecule is NC1CC(=O)N(c2c(Br)cncc2[N+](=O)[O-])C1. The zero-order chi connectivity index (χ0) is 12.6. The number of carbonyl (C=O) groups is 1. The molecule has 1 saturated heterocycles. The molecule has 0 radical (unpaired) electrons. The summed E-state index contributed by atoms with van der Waals surface area (Å²) in [5.74, 6) is -0.215. The van der Waals surface area contributed by atoms with Crippen LogP contribution in [-0.2, 0) is 4.79 Å². The second kappa shape index (κ2) is 4.38. The Morgan fingerprint density at radius 2 is 2.29 bits per heavy atom. The predicted octanol–water partition coefficient (Wildman–Crippen LogP) is 0.816. The molecule has 1 atom stereocenters. The lowest BCUT2D eigenvalue weighted by atomic mass is 10.3. The first-order valence-electron chi connectivity index (χ1n) is 4.84. The molecule has 2 heterocycles. The Balaban J connectivity index is 2.51. The van der Waals surface area contributed by atoms with E-state index in [1.807, 2.05) is 0 Å². The van der Waals surface area contributed by atoms with Gasteiger partial charge in [-0.3, -0.25) is 19.9 Å². The lowest BCUT2D eigenvalue weighted by Gasteiger charge is -2.17. The smallest absolute Gasteiger partial charge is 0.312 e. The van der Waals surface area contributed by atoms with Crippen molar-refractivity contribution in [1.82, 2.24) is 4.98 Å². The minimum atomic E-state index is -0.565. The molecular weight excluding hydrogens is 292 g/mol. The van der Waals surface area contributed by atoms with E-state index < -0.39 is 4.92 Å². The molecule has 90 valence electrons. The number of hydrogen-bond acceptors (Lipinski definition) is 5. The Morgan fingerprint density at radius 1 is 1.59 bits per heavy atom. The van der Waals surface area contributed by atoms with E-state index in [1.165, 1.54) is 11.1 Å². The van der Waals surface area contributed by atoms with E-state index in [4.69, 9.17) is 5.73 Å². The fraction of sp³-hybridized carbons (Fsp3) is 0.333. The van der Waals surface area contributed by atoms with Crippen molar-refractivity contribution in [1.29, 1.82) is 0 Å². The summed E-state index contributed by atoms with van der Waals surface area (Å²) in [5, 5.41) is 10.9. The number of carbonyl (C=O) groups excluding carboxylic acids is 1. The van der Waals surface area contributed by atoms with Gasteiger partial charge >= 0.3 is 5.69 Å². The largest absolute Gasteiger partial charge is 0.326 e. The van der Waals surface area contributed by atoms with Crippen molar-refractivity contribution in [3.8, 4) is 0 Å². The van der Waals surface area contributed by atoms with E-state index in [-0.39, 0.29) is 36.3 Å². The van der Waals surface area contributed by atoms with Gasteiger partial charge in [0, 0.05) is 25.2 Å². The first kappa shape index (κ1) is 11.9. The second-order valence-corrected chi connectivity index (χ2v) is 4.57. The lowest BCUT2D eigenvalue weighted by molar-refractivity contribution is -0.384. The Labute approximate surface area is 105 Å². The van der Waals surface area contributed by atoms with Gasteiger partial charge in [0.15, 0.2) is 0 Å². The van der Waals surface area contributed by atoms with E-state index in [2.05, 4.69) is 20.9 Å². The summed E-state index contributed by atoms with van der Waals surface area (Å²) in [4.78, 5) is 27.1. The van der Waals surface area contributed by atoms with E-state index in [1.54, 1.807) is 0 Å². The maximum atomic E-state index is 11.7. The molecule has 0 saturated carbocycles. The van der Waals surface area contributed by atoms with Gasteiger partial charge in [0.1, 0.15) is 11.9 Å². The van der Waals surface area contributed by atoms with Gasteiger partial charge in [-0.25, -0.2) is 0 Å². The Morgan fingerprint density at radius 3 is 2.82 bits per heavy atom. The van der Waals surface area contributed by atoms with Crippen molar-refractivity contribution in [3.63, 3.8) is 0 Å². The predicted molar refractivity (Wildman–Crippen MR) is 63.5 cm³/mol. The number of nitro groups is 1. The highest BCUT2D eigenvalue weighted by Gasteiger charge is 2.34. The molecule has 1 aromatic rings. The highest BCUT2D eigenvalue weighted by atomic mass is 79.9. The minimum absolute atomic E-state index is 0.200. The summed E-state index contributed by atoms with van der Waals surface area (Å²) >= 11 is 3.17. The van der Waals surface area contributed by atoms with Crippen molar-refractivity contribution < 1.29 is 9.72 Å².